The molecule has 7 heteroatoms. The minimum atomic E-state index is -4.63. The van der Waals surface area contributed by atoms with Crippen molar-refractivity contribution >= 4 is 34.1 Å². The molecular weight excluding hydrogens is 288 g/mol. The smallest absolute Gasteiger partial charge is 0.339 e. The monoisotopic (exact) mass is 292 g/mol. The topological polar surface area (TPSA) is 28.7 Å². The van der Waals surface area contributed by atoms with Gasteiger partial charge in [0.15, 0.2) is 0 Å². The van der Waals surface area contributed by atoms with E-state index in [1.807, 2.05) is 0 Å². The fourth-order valence-electron chi connectivity index (χ4n) is 1.91. The molecule has 0 radical (unpaired) electrons. The van der Waals surface area contributed by atoms with Crippen molar-refractivity contribution in [3.05, 3.63) is 33.4 Å². The summed E-state index contributed by atoms with van der Waals surface area (Å²) < 4.78 is 39.7. The van der Waals surface area contributed by atoms with Gasteiger partial charge in [0, 0.05) is 12.4 Å². The number of aryl methyl sites for hydroxylation is 1. The second-order valence-corrected chi connectivity index (χ2v) is 4.43. The molecule has 2 aromatic rings. The summed E-state index contributed by atoms with van der Waals surface area (Å²) in [6.07, 6.45) is -4.63. The Bertz CT molecular complexity index is 680. The van der Waals surface area contributed by atoms with Gasteiger partial charge < -0.3 is 4.57 Å². The standard InChI is InChI=1S/C11H5Cl2F3N2/c1-18-7-3-2-6(12)9(13)8(7)5(4-17)10(18)11(14,15)16/h2-3H,1H3. The molecule has 1 heterocycles. The van der Waals surface area contributed by atoms with E-state index in [4.69, 9.17) is 28.5 Å². The van der Waals surface area contributed by atoms with Crippen LogP contribution in [0.2, 0.25) is 10.0 Å². The van der Waals surface area contributed by atoms with E-state index < -0.39 is 17.4 Å². The number of fused-ring (bicyclic) bond motifs is 1. The van der Waals surface area contributed by atoms with Gasteiger partial charge in [0.05, 0.1) is 21.1 Å². The lowest BCUT2D eigenvalue weighted by Crippen LogP contribution is -2.12. The number of nitrogens with zero attached hydrogens (tertiary/aromatic N) is 2. The summed E-state index contributed by atoms with van der Waals surface area (Å²) in [5.74, 6) is 0. The Balaban J connectivity index is 3.04. The van der Waals surface area contributed by atoms with Crippen molar-refractivity contribution in [2.45, 2.75) is 6.18 Å². The van der Waals surface area contributed by atoms with Crippen LogP contribution in [-0.4, -0.2) is 4.57 Å². The molecule has 0 N–H and O–H groups in total. The van der Waals surface area contributed by atoms with Gasteiger partial charge in [0.25, 0.3) is 0 Å². The number of aromatic nitrogens is 1. The lowest BCUT2D eigenvalue weighted by Gasteiger charge is -2.08. The zero-order chi connectivity index (χ0) is 13.7. The van der Waals surface area contributed by atoms with E-state index in [1.165, 1.54) is 19.2 Å². The molecule has 0 spiro atoms. The summed E-state index contributed by atoms with van der Waals surface area (Å²) >= 11 is 11.6. The third-order valence-corrected chi connectivity index (χ3v) is 3.44. The van der Waals surface area contributed by atoms with Gasteiger partial charge in [-0.2, -0.15) is 18.4 Å². The SMILES string of the molecule is Cn1c(C(F)(F)F)c(C#N)c2c(Cl)c(Cl)ccc21. The molecule has 0 fully saturated rings. The average molecular weight is 293 g/mol. The number of hydrogen-bond acceptors (Lipinski definition) is 1. The van der Waals surface area contributed by atoms with Crippen molar-refractivity contribution in [3.8, 4) is 6.07 Å². The predicted molar refractivity (Wildman–Crippen MR) is 62.7 cm³/mol. The molecule has 0 aliphatic heterocycles. The minimum absolute atomic E-state index is 0.0292. The highest BCUT2D eigenvalue weighted by atomic mass is 35.5. The van der Waals surface area contributed by atoms with Gasteiger partial charge in [0.2, 0.25) is 0 Å². The van der Waals surface area contributed by atoms with Crippen molar-refractivity contribution in [2.24, 2.45) is 7.05 Å². The first-order valence-corrected chi connectivity index (χ1v) is 5.48. The highest BCUT2D eigenvalue weighted by Gasteiger charge is 2.39. The van der Waals surface area contributed by atoms with Crippen LogP contribution in [0.3, 0.4) is 0 Å². The molecule has 94 valence electrons. The maximum atomic E-state index is 12.9. The Morgan fingerprint density at radius 3 is 2.39 bits per heavy atom. The van der Waals surface area contributed by atoms with Gasteiger partial charge in [-0.3, -0.25) is 0 Å². The maximum absolute atomic E-state index is 12.9. The van der Waals surface area contributed by atoms with Crippen LogP contribution in [0, 0.1) is 11.3 Å². The first-order valence-electron chi connectivity index (χ1n) is 4.72. The van der Waals surface area contributed by atoms with E-state index in [0.717, 1.165) is 4.57 Å². The molecule has 0 bridgehead atoms. The minimum Gasteiger partial charge on any atom is -0.339 e. The van der Waals surface area contributed by atoms with Crippen molar-refractivity contribution in [1.82, 2.24) is 4.57 Å². The van der Waals surface area contributed by atoms with Gasteiger partial charge in [0.1, 0.15) is 11.8 Å². The first kappa shape index (κ1) is 13.1. The van der Waals surface area contributed by atoms with Gasteiger partial charge in [-0.15, -0.1) is 0 Å². The summed E-state index contributed by atoms with van der Waals surface area (Å²) in [4.78, 5) is 0. The summed E-state index contributed by atoms with van der Waals surface area (Å²) in [7, 11) is 1.23. The van der Waals surface area contributed by atoms with Gasteiger partial charge in [-0.05, 0) is 12.1 Å². The lowest BCUT2D eigenvalue weighted by molar-refractivity contribution is -0.143. The van der Waals surface area contributed by atoms with Gasteiger partial charge in [-0.25, -0.2) is 0 Å². The fraction of sp³-hybridized carbons (Fsp3) is 0.182. The molecular formula is C11H5Cl2F3N2. The van der Waals surface area contributed by atoms with Crippen LogP contribution >= 0.6 is 23.2 Å². The molecule has 0 saturated carbocycles. The van der Waals surface area contributed by atoms with Crippen LogP contribution in [0.15, 0.2) is 12.1 Å². The summed E-state index contributed by atoms with van der Waals surface area (Å²) in [6.45, 7) is 0. The van der Waals surface area contributed by atoms with E-state index >= 15 is 0 Å². The highest BCUT2D eigenvalue weighted by molar-refractivity contribution is 6.45. The number of alkyl halides is 3. The van der Waals surface area contributed by atoms with Crippen LogP contribution in [-0.2, 0) is 13.2 Å². The molecule has 0 aliphatic carbocycles. The molecule has 0 atom stereocenters. The predicted octanol–water partition coefficient (Wildman–Crippen LogP) is 4.38. The van der Waals surface area contributed by atoms with Crippen molar-refractivity contribution in [2.75, 3.05) is 0 Å². The summed E-state index contributed by atoms with van der Waals surface area (Å²) in [6, 6.07) is 4.35. The molecule has 1 aromatic heterocycles. The molecule has 0 saturated heterocycles. The van der Waals surface area contributed by atoms with E-state index in [1.54, 1.807) is 6.07 Å². The first-order chi connectivity index (χ1) is 8.29. The van der Waals surface area contributed by atoms with Crippen LogP contribution in [0.5, 0.6) is 0 Å². The number of benzene rings is 1. The lowest BCUT2D eigenvalue weighted by atomic mass is 10.1. The molecule has 0 amide bonds. The molecule has 2 rings (SSSR count). The normalized spacial score (nSPS) is 11.8. The van der Waals surface area contributed by atoms with Crippen molar-refractivity contribution in [1.29, 1.82) is 5.26 Å². The second-order valence-electron chi connectivity index (χ2n) is 3.65. The van der Waals surface area contributed by atoms with Crippen molar-refractivity contribution < 1.29 is 13.2 Å². The quantitative estimate of drug-likeness (QED) is 0.708. The van der Waals surface area contributed by atoms with E-state index in [-0.39, 0.29) is 20.9 Å². The zero-order valence-electron chi connectivity index (χ0n) is 8.94. The van der Waals surface area contributed by atoms with Gasteiger partial charge in [-0.1, -0.05) is 23.2 Å². The maximum Gasteiger partial charge on any atom is 0.432 e. The van der Waals surface area contributed by atoms with Crippen molar-refractivity contribution in [3.63, 3.8) is 0 Å². The Hall–Kier alpha value is -1.38. The Morgan fingerprint density at radius 2 is 1.89 bits per heavy atom. The molecule has 0 aliphatic rings. The Morgan fingerprint density at radius 1 is 1.28 bits per heavy atom. The summed E-state index contributed by atoms with van der Waals surface area (Å²) in [5, 5.41) is 9.04. The van der Waals surface area contributed by atoms with Crippen LogP contribution in [0.1, 0.15) is 11.3 Å². The average Bonchev–Trinajstić information content (AvgIpc) is 2.56. The molecule has 1 aromatic carbocycles. The summed E-state index contributed by atoms with van der Waals surface area (Å²) in [5.41, 5.74) is -1.31. The number of halogens is 5. The second kappa shape index (κ2) is 4.08. The third kappa shape index (κ3) is 1.73. The molecule has 0 unspecified atom stereocenters. The molecule has 18 heavy (non-hydrogen) atoms. The Kier molecular flexibility index (Phi) is 2.96. The third-order valence-electron chi connectivity index (χ3n) is 2.64. The number of nitriles is 1. The van der Waals surface area contributed by atoms with E-state index in [9.17, 15) is 13.2 Å². The number of hydrogen-bond donors (Lipinski definition) is 0. The number of rotatable bonds is 0. The molecule has 2 nitrogen and oxygen atoms in total. The largest absolute Gasteiger partial charge is 0.432 e. The highest BCUT2D eigenvalue weighted by Crippen LogP contribution is 2.41. The zero-order valence-corrected chi connectivity index (χ0v) is 10.5. The van der Waals surface area contributed by atoms with E-state index in [0.29, 0.717) is 0 Å². The van der Waals surface area contributed by atoms with Crippen LogP contribution in [0.25, 0.3) is 10.9 Å². The van der Waals surface area contributed by atoms with E-state index in [2.05, 4.69) is 0 Å². The van der Waals surface area contributed by atoms with Crippen LogP contribution < -0.4 is 0 Å². The van der Waals surface area contributed by atoms with Gasteiger partial charge >= 0.3 is 6.18 Å². The fourth-order valence-corrected chi connectivity index (χ4v) is 2.32. The Labute approximate surface area is 110 Å². The van der Waals surface area contributed by atoms with Crippen LogP contribution in [0.4, 0.5) is 13.2 Å².